The molecule has 1 aliphatic rings. The Bertz CT molecular complexity index is 1060. The molecule has 3 heterocycles. The minimum absolute atomic E-state index is 0.0987. The van der Waals surface area contributed by atoms with E-state index in [4.69, 9.17) is 15.9 Å². The molecule has 0 amide bonds. The van der Waals surface area contributed by atoms with Crippen LogP contribution < -0.4 is 11.5 Å². The van der Waals surface area contributed by atoms with Crippen LogP contribution in [0.25, 0.3) is 11.1 Å². The summed E-state index contributed by atoms with van der Waals surface area (Å²) >= 11 is 0. The summed E-state index contributed by atoms with van der Waals surface area (Å²) in [6, 6.07) is 4.14. The molecule has 4 N–H and O–H groups in total. The van der Waals surface area contributed by atoms with Crippen molar-refractivity contribution in [1.82, 2.24) is 9.97 Å². The number of hydrogen-bond donors (Lipinski definition) is 2. The van der Waals surface area contributed by atoms with E-state index in [2.05, 4.69) is 30.7 Å². The molecule has 158 valence electrons. The summed E-state index contributed by atoms with van der Waals surface area (Å²) in [7, 11) is 0. The highest BCUT2D eigenvalue weighted by molar-refractivity contribution is 6.10. The molecule has 1 fully saturated rings. The van der Waals surface area contributed by atoms with Crippen LogP contribution in [-0.2, 0) is 6.42 Å². The van der Waals surface area contributed by atoms with Gasteiger partial charge in [0, 0.05) is 31.1 Å². The van der Waals surface area contributed by atoms with Crippen molar-refractivity contribution in [3.05, 3.63) is 53.0 Å². The zero-order valence-electron chi connectivity index (χ0n) is 17.9. The third-order valence-electron chi connectivity index (χ3n) is 6.23. The van der Waals surface area contributed by atoms with E-state index >= 15 is 0 Å². The van der Waals surface area contributed by atoms with E-state index in [1.807, 2.05) is 12.1 Å². The average molecular weight is 407 g/mol. The van der Waals surface area contributed by atoms with Crippen molar-refractivity contribution >= 4 is 22.8 Å². The third kappa shape index (κ3) is 3.97. The molecule has 30 heavy (non-hydrogen) atoms. The van der Waals surface area contributed by atoms with Crippen LogP contribution in [0.4, 0.5) is 5.88 Å². The molecular formula is C24H30N4O2. The maximum atomic E-state index is 13.3. The van der Waals surface area contributed by atoms with Gasteiger partial charge in [0.2, 0.25) is 5.88 Å². The lowest BCUT2D eigenvalue weighted by Gasteiger charge is -2.32. The van der Waals surface area contributed by atoms with Gasteiger partial charge in [0.15, 0.2) is 11.4 Å². The Morgan fingerprint density at radius 1 is 1.27 bits per heavy atom. The molecule has 6 nitrogen and oxygen atoms in total. The van der Waals surface area contributed by atoms with Gasteiger partial charge in [-0.05, 0) is 65.8 Å². The van der Waals surface area contributed by atoms with Crippen LogP contribution in [-0.4, -0.2) is 21.8 Å². The zero-order chi connectivity index (χ0) is 21.4. The predicted molar refractivity (Wildman–Crippen MR) is 119 cm³/mol. The van der Waals surface area contributed by atoms with Crippen molar-refractivity contribution in [2.45, 2.75) is 64.3 Å². The third-order valence-corrected chi connectivity index (χ3v) is 6.23. The Balaban J connectivity index is 1.65. The van der Waals surface area contributed by atoms with Gasteiger partial charge in [-0.2, -0.15) is 0 Å². The van der Waals surface area contributed by atoms with E-state index < -0.39 is 0 Å². The fourth-order valence-corrected chi connectivity index (χ4v) is 4.75. The van der Waals surface area contributed by atoms with E-state index in [1.54, 1.807) is 18.6 Å². The molecule has 3 aromatic heterocycles. The monoisotopic (exact) mass is 406 g/mol. The van der Waals surface area contributed by atoms with Gasteiger partial charge in [-0.25, -0.2) is 0 Å². The molecule has 4 rings (SSSR count). The Kier molecular flexibility index (Phi) is 5.60. The van der Waals surface area contributed by atoms with Crippen LogP contribution in [0.1, 0.15) is 78.9 Å². The van der Waals surface area contributed by atoms with Crippen LogP contribution in [0.2, 0.25) is 0 Å². The van der Waals surface area contributed by atoms with Crippen molar-refractivity contribution in [3.8, 4) is 0 Å². The van der Waals surface area contributed by atoms with Crippen molar-refractivity contribution in [2.24, 2.45) is 11.7 Å². The molecule has 0 spiro atoms. The van der Waals surface area contributed by atoms with Crippen LogP contribution in [0.3, 0.4) is 0 Å². The van der Waals surface area contributed by atoms with E-state index in [0.717, 1.165) is 30.4 Å². The van der Waals surface area contributed by atoms with E-state index in [9.17, 15) is 4.79 Å². The van der Waals surface area contributed by atoms with E-state index in [1.165, 1.54) is 5.56 Å². The topological polar surface area (TPSA) is 108 Å². The lowest BCUT2D eigenvalue weighted by molar-refractivity contribution is 0.0994. The average Bonchev–Trinajstić information content (AvgIpc) is 3.02. The molecule has 6 heteroatoms. The quantitative estimate of drug-likeness (QED) is 0.600. The number of aromatic nitrogens is 2. The summed E-state index contributed by atoms with van der Waals surface area (Å²) in [6.07, 6.45) is 8.67. The molecule has 0 radical (unpaired) electrons. The van der Waals surface area contributed by atoms with Gasteiger partial charge >= 0.3 is 0 Å². The van der Waals surface area contributed by atoms with Gasteiger partial charge in [-0.15, -0.1) is 0 Å². The number of ketones is 1. The summed E-state index contributed by atoms with van der Waals surface area (Å²) in [5.74, 6) is 1.26. The van der Waals surface area contributed by atoms with Gasteiger partial charge in [-0.3, -0.25) is 14.8 Å². The Morgan fingerprint density at radius 3 is 2.80 bits per heavy atom. The Morgan fingerprint density at radius 2 is 2.07 bits per heavy atom. The van der Waals surface area contributed by atoms with Gasteiger partial charge < -0.3 is 15.9 Å². The minimum atomic E-state index is -0.0987. The molecule has 0 aliphatic heterocycles. The van der Waals surface area contributed by atoms with Gasteiger partial charge in [0.05, 0.1) is 0 Å². The number of Topliss-reactive ketones (excluding diaryl/α,β-unsaturated/α-hetero) is 1. The first kappa shape index (κ1) is 20.5. The summed E-state index contributed by atoms with van der Waals surface area (Å²) in [6.45, 7) is 6.42. The summed E-state index contributed by atoms with van der Waals surface area (Å²) < 4.78 is 5.69. The largest absolute Gasteiger partial charge is 0.438 e. The summed E-state index contributed by atoms with van der Waals surface area (Å²) in [5.41, 5.74) is 17.0. The molecular weight excluding hydrogens is 376 g/mol. The highest BCUT2D eigenvalue weighted by Gasteiger charge is 2.28. The Labute approximate surface area is 177 Å². The van der Waals surface area contributed by atoms with Gasteiger partial charge in [0.25, 0.3) is 0 Å². The van der Waals surface area contributed by atoms with Crippen molar-refractivity contribution in [3.63, 3.8) is 0 Å². The maximum Gasteiger partial charge on any atom is 0.204 e. The lowest BCUT2D eigenvalue weighted by atomic mass is 9.75. The second-order valence-corrected chi connectivity index (χ2v) is 9.06. The lowest BCUT2D eigenvalue weighted by Crippen LogP contribution is -2.31. The molecule has 0 bridgehead atoms. The van der Waals surface area contributed by atoms with Crippen molar-refractivity contribution in [2.75, 3.05) is 5.73 Å². The number of furan rings is 1. The number of nitrogen functional groups attached to an aromatic ring is 1. The normalized spacial score (nSPS) is 22.0. The molecule has 1 saturated carbocycles. The van der Waals surface area contributed by atoms with Crippen LogP contribution in [0, 0.1) is 5.92 Å². The first-order valence-corrected chi connectivity index (χ1v) is 10.7. The second-order valence-electron chi connectivity index (χ2n) is 9.06. The van der Waals surface area contributed by atoms with Crippen LogP contribution in [0.15, 0.2) is 35.1 Å². The van der Waals surface area contributed by atoms with Gasteiger partial charge in [0.1, 0.15) is 11.1 Å². The SMILES string of the molecule is CC(C)c1cnc2c(C(=O)Cc3cnccc3C3C[C@H](C)C[C@H](N)C3)c(N)oc2c1. The van der Waals surface area contributed by atoms with E-state index in [0.29, 0.717) is 34.4 Å². The number of carbonyl (C=O) groups is 1. The molecule has 0 saturated heterocycles. The summed E-state index contributed by atoms with van der Waals surface area (Å²) in [4.78, 5) is 22.0. The fourth-order valence-electron chi connectivity index (χ4n) is 4.75. The predicted octanol–water partition coefficient (Wildman–Crippen LogP) is 4.58. The highest BCUT2D eigenvalue weighted by atomic mass is 16.3. The van der Waals surface area contributed by atoms with Gasteiger partial charge in [-0.1, -0.05) is 20.8 Å². The molecule has 3 atom stereocenters. The number of fused-ring (bicyclic) bond motifs is 1. The van der Waals surface area contributed by atoms with Crippen molar-refractivity contribution < 1.29 is 9.21 Å². The number of anilines is 1. The molecule has 1 aliphatic carbocycles. The standard InChI is InChI=1S/C24H30N4O2/c1-13(2)16-10-21-23(28-12-16)22(24(26)30-21)20(29)9-17-11-27-5-4-19(17)15-6-14(3)7-18(25)8-15/h4-5,10-15,18H,6-9,25-26H2,1-3H3/t14-,15?,18-/m0/s1. The van der Waals surface area contributed by atoms with E-state index in [-0.39, 0.29) is 24.1 Å². The first-order chi connectivity index (χ1) is 14.3. The number of nitrogens with two attached hydrogens (primary N) is 2. The number of pyridine rings is 2. The Hall–Kier alpha value is -2.73. The number of hydrogen-bond acceptors (Lipinski definition) is 6. The van der Waals surface area contributed by atoms with Crippen molar-refractivity contribution in [1.29, 1.82) is 0 Å². The second kappa shape index (κ2) is 8.19. The smallest absolute Gasteiger partial charge is 0.204 e. The highest BCUT2D eigenvalue weighted by Crippen LogP contribution is 2.37. The molecule has 0 aromatic carbocycles. The maximum absolute atomic E-state index is 13.3. The number of rotatable bonds is 5. The van der Waals surface area contributed by atoms with Crippen LogP contribution >= 0.6 is 0 Å². The first-order valence-electron chi connectivity index (χ1n) is 10.7. The van der Waals surface area contributed by atoms with Crippen LogP contribution in [0.5, 0.6) is 0 Å². The summed E-state index contributed by atoms with van der Waals surface area (Å²) in [5, 5.41) is 0. The number of nitrogens with zero attached hydrogens (tertiary/aromatic N) is 2. The zero-order valence-corrected chi connectivity index (χ0v) is 17.9. The minimum Gasteiger partial charge on any atom is -0.438 e. The fraction of sp³-hybridized carbons (Fsp3) is 0.458. The number of carbonyl (C=O) groups excluding carboxylic acids is 1. The molecule has 3 aromatic rings. The molecule has 1 unspecified atom stereocenters.